The highest BCUT2D eigenvalue weighted by Crippen LogP contribution is 2.35. The van der Waals surface area contributed by atoms with E-state index in [9.17, 15) is 4.79 Å². The van der Waals surface area contributed by atoms with Crippen molar-refractivity contribution in [2.45, 2.75) is 25.1 Å². The molecular formula is C12H15ClN2O. The van der Waals surface area contributed by atoms with Crippen molar-refractivity contribution < 1.29 is 4.79 Å². The lowest BCUT2D eigenvalue weighted by atomic mass is 10.2. The largest absolute Gasteiger partial charge is 0.349 e. The maximum Gasteiger partial charge on any atom is 0.270 e. The Labute approximate surface area is 100 Å². The van der Waals surface area contributed by atoms with Crippen LogP contribution in [0.2, 0.25) is 0 Å². The van der Waals surface area contributed by atoms with Gasteiger partial charge >= 0.3 is 0 Å². The lowest BCUT2D eigenvalue weighted by Gasteiger charge is -2.10. The van der Waals surface area contributed by atoms with Crippen LogP contribution >= 0.6 is 11.6 Å². The number of pyridine rings is 1. The van der Waals surface area contributed by atoms with E-state index in [0.29, 0.717) is 18.2 Å². The highest BCUT2D eigenvalue weighted by Gasteiger charge is 2.29. The maximum atomic E-state index is 11.8. The van der Waals surface area contributed by atoms with Crippen molar-refractivity contribution in [2.24, 2.45) is 5.92 Å². The van der Waals surface area contributed by atoms with Crippen molar-refractivity contribution in [1.29, 1.82) is 0 Å². The normalized spacial score (nSPS) is 16.9. The Balaban J connectivity index is 1.90. The van der Waals surface area contributed by atoms with Crippen LogP contribution in [0.4, 0.5) is 0 Å². The molecule has 0 bridgehead atoms. The predicted molar refractivity (Wildman–Crippen MR) is 63.7 cm³/mol. The van der Waals surface area contributed by atoms with Crippen LogP contribution < -0.4 is 5.32 Å². The van der Waals surface area contributed by atoms with Crippen molar-refractivity contribution in [3.05, 3.63) is 29.6 Å². The molecule has 3 nitrogen and oxygen atoms in total. The van der Waals surface area contributed by atoms with Crippen LogP contribution in [0, 0.1) is 12.8 Å². The molecule has 86 valence electrons. The van der Waals surface area contributed by atoms with E-state index < -0.39 is 0 Å². The van der Waals surface area contributed by atoms with Gasteiger partial charge in [0.1, 0.15) is 5.69 Å². The molecule has 1 aromatic rings. The lowest BCUT2D eigenvalue weighted by Crippen LogP contribution is -2.31. The van der Waals surface area contributed by atoms with Crippen LogP contribution in [-0.4, -0.2) is 22.8 Å². The van der Waals surface area contributed by atoms with E-state index in [0.717, 1.165) is 5.56 Å². The quantitative estimate of drug-likeness (QED) is 0.817. The Morgan fingerprint density at radius 3 is 3.06 bits per heavy atom. The maximum absolute atomic E-state index is 11.8. The number of amides is 1. The summed E-state index contributed by atoms with van der Waals surface area (Å²) in [5.41, 5.74) is 1.37. The first kappa shape index (κ1) is 11.4. The Kier molecular flexibility index (Phi) is 3.44. The average Bonchev–Trinajstić information content (AvgIpc) is 3.10. The van der Waals surface area contributed by atoms with Gasteiger partial charge in [-0.2, -0.15) is 0 Å². The summed E-state index contributed by atoms with van der Waals surface area (Å²) in [5.74, 6) is 0.455. The Morgan fingerprint density at radius 2 is 2.44 bits per heavy atom. The minimum absolute atomic E-state index is 0.0629. The van der Waals surface area contributed by atoms with Crippen LogP contribution in [-0.2, 0) is 0 Å². The molecule has 1 aliphatic carbocycles. The molecule has 1 heterocycles. The van der Waals surface area contributed by atoms with E-state index in [1.807, 2.05) is 19.1 Å². The molecule has 1 N–H and O–H groups in total. The van der Waals surface area contributed by atoms with Gasteiger partial charge in [-0.15, -0.1) is 11.6 Å². The first-order valence-electron chi connectivity index (χ1n) is 5.52. The second-order valence-electron chi connectivity index (χ2n) is 4.23. The van der Waals surface area contributed by atoms with Gasteiger partial charge in [0.2, 0.25) is 0 Å². The molecule has 1 atom stereocenters. The monoisotopic (exact) mass is 238 g/mol. The number of hydrogen-bond donors (Lipinski definition) is 1. The van der Waals surface area contributed by atoms with Gasteiger partial charge in [-0.25, -0.2) is 0 Å². The van der Waals surface area contributed by atoms with Gasteiger partial charge in [-0.1, -0.05) is 6.07 Å². The summed E-state index contributed by atoms with van der Waals surface area (Å²) < 4.78 is 0. The van der Waals surface area contributed by atoms with E-state index in [2.05, 4.69) is 10.3 Å². The van der Waals surface area contributed by atoms with E-state index in [4.69, 9.17) is 11.6 Å². The number of aryl methyl sites for hydroxylation is 1. The first-order valence-corrected chi connectivity index (χ1v) is 5.96. The lowest BCUT2D eigenvalue weighted by molar-refractivity contribution is 0.0947. The van der Waals surface area contributed by atoms with Gasteiger partial charge in [0.25, 0.3) is 5.91 Å². The van der Waals surface area contributed by atoms with Crippen molar-refractivity contribution in [1.82, 2.24) is 10.3 Å². The number of nitrogens with zero attached hydrogens (tertiary/aromatic N) is 1. The molecule has 2 rings (SSSR count). The zero-order chi connectivity index (χ0) is 11.5. The fraction of sp³-hybridized carbons (Fsp3) is 0.500. The second kappa shape index (κ2) is 4.83. The van der Waals surface area contributed by atoms with E-state index in [1.54, 1.807) is 6.20 Å². The molecule has 1 fully saturated rings. The third-order valence-corrected chi connectivity index (χ3v) is 3.33. The Morgan fingerprint density at radius 1 is 1.69 bits per heavy atom. The van der Waals surface area contributed by atoms with Crippen LogP contribution in [0.5, 0.6) is 0 Å². The van der Waals surface area contributed by atoms with E-state index in [1.165, 1.54) is 12.8 Å². The zero-order valence-electron chi connectivity index (χ0n) is 9.24. The highest BCUT2D eigenvalue weighted by molar-refractivity contribution is 6.21. The van der Waals surface area contributed by atoms with Crippen LogP contribution in [0.15, 0.2) is 18.3 Å². The summed E-state index contributed by atoms with van der Waals surface area (Å²) in [6, 6.07) is 3.70. The molecule has 16 heavy (non-hydrogen) atoms. The smallest absolute Gasteiger partial charge is 0.270 e. The van der Waals surface area contributed by atoms with Gasteiger partial charge in [0, 0.05) is 12.7 Å². The Bertz CT molecular complexity index is 390. The van der Waals surface area contributed by atoms with E-state index in [-0.39, 0.29) is 11.3 Å². The summed E-state index contributed by atoms with van der Waals surface area (Å²) in [7, 11) is 0. The molecule has 0 aliphatic heterocycles. The third-order valence-electron chi connectivity index (χ3n) is 2.82. The number of aromatic nitrogens is 1. The van der Waals surface area contributed by atoms with Gasteiger partial charge in [-0.3, -0.25) is 9.78 Å². The fourth-order valence-corrected chi connectivity index (χ4v) is 1.95. The number of halogens is 1. The fourth-order valence-electron chi connectivity index (χ4n) is 1.62. The van der Waals surface area contributed by atoms with Crippen LogP contribution in [0.1, 0.15) is 28.9 Å². The van der Waals surface area contributed by atoms with Gasteiger partial charge in [-0.05, 0) is 37.3 Å². The highest BCUT2D eigenvalue weighted by atomic mass is 35.5. The van der Waals surface area contributed by atoms with Gasteiger partial charge in [0.05, 0.1) is 5.38 Å². The number of carbonyl (C=O) groups excluding carboxylic acids is 1. The van der Waals surface area contributed by atoms with Crippen molar-refractivity contribution in [3.63, 3.8) is 0 Å². The first-order chi connectivity index (χ1) is 7.68. The molecule has 1 aromatic heterocycles. The van der Waals surface area contributed by atoms with Gasteiger partial charge in [0.15, 0.2) is 0 Å². The molecule has 1 aliphatic rings. The topological polar surface area (TPSA) is 42.0 Å². The molecule has 0 aromatic carbocycles. The standard InChI is InChI=1S/C12H15ClN2O/c1-8-3-2-6-14-11(8)12(16)15-7-10(13)9-4-5-9/h2-3,6,9-10H,4-5,7H2,1H3,(H,15,16). The molecule has 1 saturated carbocycles. The predicted octanol–water partition coefficient (Wildman–Crippen LogP) is 2.14. The third kappa shape index (κ3) is 2.73. The van der Waals surface area contributed by atoms with Gasteiger partial charge < -0.3 is 5.32 Å². The van der Waals surface area contributed by atoms with E-state index >= 15 is 0 Å². The Hall–Kier alpha value is -1.09. The average molecular weight is 239 g/mol. The zero-order valence-corrected chi connectivity index (χ0v) is 10.00. The molecule has 0 spiro atoms. The number of carbonyl (C=O) groups is 1. The number of nitrogens with one attached hydrogen (secondary N) is 1. The summed E-state index contributed by atoms with van der Waals surface area (Å²) in [5, 5.41) is 2.89. The summed E-state index contributed by atoms with van der Waals surface area (Å²) in [4.78, 5) is 15.8. The molecular weight excluding hydrogens is 224 g/mol. The minimum atomic E-state index is -0.135. The second-order valence-corrected chi connectivity index (χ2v) is 4.79. The summed E-state index contributed by atoms with van der Waals surface area (Å²) in [6.07, 6.45) is 4.00. The number of alkyl halides is 1. The van der Waals surface area contributed by atoms with Crippen molar-refractivity contribution >= 4 is 17.5 Å². The molecule has 1 amide bonds. The molecule has 4 heteroatoms. The van der Waals surface area contributed by atoms with Crippen LogP contribution in [0.3, 0.4) is 0 Å². The SMILES string of the molecule is Cc1cccnc1C(=O)NCC(Cl)C1CC1. The molecule has 1 unspecified atom stereocenters. The summed E-state index contributed by atoms with van der Waals surface area (Å²) in [6.45, 7) is 2.40. The molecule has 0 radical (unpaired) electrons. The molecule has 0 saturated heterocycles. The number of rotatable bonds is 4. The number of hydrogen-bond acceptors (Lipinski definition) is 2. The van der Waals surface area contributed by atoms with Crippen LogP contribution in [0.25, 0.3) is 0 Å². The summed E-state index contributed by atoms with van der Waals surface area (Å²) >= 11 is 6.11. The van der Waals surface area contributed by atoms with Crippen molar-refractivity contribution in [2.75, 3.05) is 6.54 Å². The minimum Gasteiger partial charge on any atom is -0.349 e. The van der Waals surface area contributed by atoms with Crippen molar-refractivity contribution in [3.8, 4) is 0 Å².